The van der Waals surface area contributed by atoms with Gasteiger partial charge in [-0.15, -0.1) is 6.42 Å². The summed E-state index contributed by atoms with van der Waals surface area (Å²) in [5, 5.41) is 0. The maximum atomic E-state index is 11.0. The molecule has 0 aliphatic heterocycles. The number of esters is 1. The molecule has 0 aliphatic carbocycles. The lowest BCUT2D eigenvalue weighted by Gasteiger charge is -2.01. The highest BCUT2D eigenvalue weighted by atomic mass is 16.5. The van der Waals surface area contributed by atoms with Crippen LogP contribution >= 0.6 is 0 Å². The maximum Gasteiger partial charge on any atom is 0.356 e. The molecular formula is C10H9NO3. The predicted molar refractivity (Wildman–Crippen MR) is 49.9 cm³/mol. The first-order chi connectivity index (χ1) is 6.77. The second-order valence-electron chi connectivity index (χ2n) is 2.36. The zero-order chi connectivity index (χ0) is 10.4. The largest absolute Gasteiger partial charge is 0.479 e. The molecular weight excluding hydrogens is 182 g/mol. The summed E-state index contributed by atoms with van der Waals surface area (Å²) in [5.41, 5.74) is 0.237. The molecule has 1 aromatic rings. The van der Waals surface area contributed by atoms with Crippen molar-refractivity contribution in [3.8, 4) is 18.1 Å². The lowest BCUT2D eigenvalue weighted by Crippen LogP contribution is -2.04. The van der Waals surface area contributed by atoms with Crippen LogP contribution in [0.15, 0.2) is 18.3 Å². The number of hydrogen-bond acceptors (Lipinski definition) is 4. The third kappa shape index (κ3) is 2.49. The number of pyridine rings is 1. The van der Waals surface area contributed by atoms with E-state index < -0.39 is 5.97 Å². The molecule has 0 N–H and O–H groups in total. The second-order valence-corrected chi connectivity index (χ2v) is 2.36. The fourth-order valence-electron chi connectivity index (χ4n) is 0.816. The number of hydrogen-bond donors (Lipinski definition) is 0. The van der Waals surface area contributed by atoms with Gasteiger partial charge >= 0.3 is 5.97 Å². The summed E-state index contributed by atoms with van der Waals surface area (Å²) < 4.78 is 9.56. The van der Waals surface area contributed by atoms with Crippen molar-refractivity contribution in [1.29, 1.82) is 0 Å². The summed E-state index contributed by atoms with van der Waals surface area (Å²) in [6, 6.07) is 3.12. The first-order valence-electron chi connectivity index (χ1n) is 3.88. The molecule has 0 unspecified atom stereocenters. The molecule has 0 radical (unpaired) electrons. The lowest BCUT2D eigenvalue weighted by atomic mass is 10.3. The molecule has 0 saturated carbocycles. The van der Waals surface area contributed by atoms with Gasteiger partial charge in [-0.05, 0) is 12.1 Å². The maximum absolute atomic E-state index is 11.0. The monoisotopic (exact) mass is 191 g/mol. The summed E-state index contributed by atoms with van der Waals surface area (Å²) in [6.45, 7) is 0.180. The smallest absolute Gasteiger partial charge is 0.356 e. The van der Waals surface area contributed by atoms with Crippen LogP contribution in [0.2, 0.25) is 0 Å². The third-order valence-corrected chi connectivity index (χ3v) is 1.45. The van der Waals surface area contributed by atoms with E-state index in [1.807, 2.05) is 0 Å². The molecule has 1 rings (SSSR count). The Balaban J connectivity index is 2.69. The van der Waals surface area contributed by atoms with Crippen LogP contribution in [-0.2, 0) is 4.74 Å². The van der Waals surface area contributed by atoms with Crippen LogP contribution in [0, 0.1) is 12.3 Å². The normalized spacial score (nSPS) is 8.86. The predicted octanol–water partition coefficient (Wildman–Crippen LogP) is 0.880. The Kier molecular flexibility index (Phi) is 3.50. The van der Waals surface area contributed by atoms with Gasteiger partial charge in [0, 0.05) is 0 Å². The summed E-state index contributed by atoms with van der Waals surface area (Å²) in [6.07, 6.45) is 6.43. The Labute approximate surface area is 81.9 Å². The van der Waals surface area contributed by atoms with Gasteiger partial charge in [-0.2, -0.15) is 0 Å². The zero-order valence-corrected chi connectivity index (χ0v) is 7.69. The second kappa shape index (κ2) is 4.87. The fourth-order valence-corrected chi connectivity index (χ4v) is 0.816. The quantitative estimate of drug-likeness (QED) is 0.525. The molecule has 4 heteroatoms. The highest BCUT2D eigenvalue weighted by Gasteiger charge is 2.05. The molecule has 0 aromatic carbocycles. The van der Waals surface area contributed by atoms with E-state index >= 15 is 0 Å². The van der Waals surface area contributed by atoms with Crippen molar-refractivity contribution in [2.24, 2.45) is 0 Å². The van der Waals surface area contributed by atoms with E-state index in [9.17, 15) is 4.79 Å². The van der Waals surface area contributed by atoms with Gasteiger partial charge < -0.3 is 9.47 Å². The van der Waals surface area contributed by atoms with E-state index in [1.54, 1.807) is 6.07 Å². The van der Waals surface area contributed by atoms with Gasteiger partial charge in [-0.1, -0.05) is 5.92 Å². The van der Waals surface area contributed by atoms with E-state index in [2.05, 4.69) is 15.6 Å². The van der Waals surface area contributed by atoms with E-state index in [-0.39, 0.29) is 12.3 Å². The number of rotatable bonds is 3. The number of methoxy groups -OCH3 is 1. The van der Waals surface area contributed by atoms with E-state index in [4.69, 9.17) is 11.2 Å². The van der Waals surface area contributed by atoms with Crippen molar-refractivity contribution >= 4 is 5.97 Å². The molecule has 1 aromatic heterocycles. The number of terminal acetylenes is 1. The number of ether oxygens (including phenoxy) is 2. The number of carbonyl (C=O) groups is 1. The van der Waals surface area contributed by atoms with Crippen LogP contribution in [0.25, 0.3) is 0 Å². The first kappa shape index (κ1) is 10.1. The van der Waals surface area contributed by atoms with Crippen LogP contribution in [0.5, 0.6) is 5.75 Å². The van der Waals surface area contributed by atoms with Crippen LogP contribution < -0.4 is 4.74 Å². The molecule has 14 heavy (non-hydrogen) atoms. The molecule has 0 saturated heterocycles. The average molecular weight is 191 g/mol. The van der Waals surface area contributed by atoms with Crippen molar-refractivity contribution in [3.63, 3.8) is 0 Å². The molecule has 0 fully saturated rings. The van der Waals surface area contributed by atoms with Gasteiger partial charge in [-0.25, -0.2) is 9.78 Å². The van der Waals surface area contributed by atoms with Gasteiger partial charge in [0.05, 0.1) is 13.3 Å². The minimum absolute atomic E-state index is 0.180. The van der Waals surface area contributed by atoms with Crippen LogP contribution in [0.4, 0.5) is 0 Å². The minimum Gasteiger partial charge on any atom is -0.479 e. The summed E-state index contributed by atoms with van der Waals surface area (Å²) in [4.78, 5) is 14.8. The summed E-state index contributed by atoms with van der Waals surface area (Å²) >= 11 is 0. The minimum atomic E-state index is -0.478. The van der Waals surface area contributed by atoms with Crippen LogP contribution in [0.1, 0.15) is 10.5 Å². The van der Waals surface area contributed by atoms with Gasteiger partial charge in [0.15, 0.2) is 0 Å². The summed E-state index contributed by atoms with van der Waals surface area (Å²) in [5.74, 6) is 2.37. The summed E-state index contributed by atoms with van der Waals surface area (Å²) in [7, 11) is 1.30. The molecule has 0 spiro atoms. The first-order valence-corrected chi connectivity index (χ1v) is 3.88. The van der Waals surface area contributed by atoms with E-state index in [1.165, 1.54) is 19.4 Å². The van der Waals surface area contributed by atoms with Crippen molar-refractivity contribution < 1.29 is 14.3 Å². The SMILES string of the molecule is C#CCOc1ccc(C(=O)OC)nc1. The molecule has 0 bridgehead atoms. The number of nitrogens with zero attached hydrogens (tertiary/aromatic N) is 1. The van der Waals surface area contributed by atoms with Gasteiger partial charge in [0.2, 0.25) is 0 Å². The van der Waals surface area contributed by atoms with Gasteiger partial charge in [0.1, 0.15) is 18.1 Å². The van der Waals surface area contributed by atoms with Crippen molar-refractivity contribution in [2.45, 2.75) is 0 Å². The van der Waals surface area contributed by atoms with Crippen molar-refractivity contribution in [1.82, 2.24) is 4.98 Å². The van der Waals surface area contributed by atoms with Crippen molar-refractivity contribution in [3.05, 3.63) is 24.0 Å². The average Bonchev–Trinajstić information content (AvgIpc) is 2.26. The standard InChI is InChI=1S/C10H9NO3/c1-3-6-14-8-4-5-9(11-7-8)10(12)13-2/h1,4-5,7H,6H2,2H3. The number of carbonyl (C=O) groups excluding carboxylic acids is 1. The van der Waals surface area contributed by atoms with Crippen LogP contribution in [0.3, 0.4) is 0 Å². The van der Waals surface area contributed by atoms with Gasteiger partial charge in [0.25, 0.3) is 0 Å². The molecule has 0 atom stereocenters. The number of aromatic nitrogens is 1. The van der Waals surface area contributed by atoms with E-state index in [0.717, 1.165) is 0 Å². The zero-order valence-electron chi connectivity index (χ0n) is 7.69. The fraction of sp³-hybridized carbons (Fsp3) is 0.200. The van der Waals surface area contributed by atoms with Gasteiger partial charge in [-0.3, -0.25) is 0 Å². The molecule has 0 amide bonds. The molecule has 4 nitrogen and oxygen atoms in total. The van der Waals surface area contributed by atoms with Crippen molar-refractivity contribution in [2.75, 3.05) is 13.7 Å². The Morgan fingerprint density at radius 2 is 2.43 bits per heavy atom. The topological polar surface area (TPSA) is 48.4 Å². The Morgan fingerprint density at radius 1 is 1.64 bits per heavy atom. The lowest BCUT2D eigenvalue weighted by molar-refractivity contribution is 0.0594. The van der Waals surface area contributed by atoms with Crippen LogP contribution in [-0.4, -0.2) is 24.7 Å². The Hall–Kier alpha value is -2.02. The molecule has 1 heterocycles. The Bertz CT molecular complexity index is 351. The van der Waals surface area contributed by atoms with E-state index in [0.29, 0.717) is 5.75 Å². The third-order valence-electron chi connectivity index (χ3n) is 1.45. The molecule has 0 aliphatic rings. The Morgan fingerprint density at radius 3 is 2.93 bits per heavy atom. The highest BCUT2D eigenvalue weighted by Crippen LogP contribution is 2.09. The highest BCUT2D eigenvalue weighted by molar-refractivity contribution is 5.87. The molecule has 72 valence electrons.